The maximum absolute atomic E-state index is 12.2. The fourth-order valence-electron chi connectivity index (χ4n) is 2.59. The van der Waals surface area contributed by atoms with Crippen LogP contribution < -0.4 is 10.7 Å². The van der Waals surface area contributed by atoms with Crippen LogP contribution in [0.3, 0.4) is 0 Å². The van der Waals surface area contributed by atoms with E-state index in [0.29, 0.717) is 0 Å². The first-order valence-corrected chi connectivity index (χ1v) is 8.27. The van der Waals surface area contributed by atoms with E-state index in [1.807, 2.05) is 68.4 Å². The van der Waals surface area contributed by atoms with Gasteiger partial charge in [-0.2, -0.15) is 5.10 Å². The minimum absolute atomic E-state index is 0.180. The molecule has 0 radical (unpaired) electrons. The molecule has 0 aliphatic carbocycles. The number of aryl methyl sites for hydroxylation is 1. The molecule has 0 fully saturated rings. The molecule has 1 atom stereocenters. The number of fused-ring (bicyclic) bond motifs is 1. The molecule has 3 aromatic carbocycles. The molecule has 3 aromatic rings. The predicted molar refractivity (Wildman–Crippen MR) is 104 cm³/mol. The third-order valence-corrected chi connectivity index (χ3v) is 4.07. The monoisotopic (exact) mass is 331 g/mol. The van der Waals surface area contributed by atoms with Crippen LogP contribution in [-0.4, -0.2) is 18.2 Å². The van der Waals surface area contributed by atoms with Gasteiger partial charge in [0.25, 0.3) is 5.91 Å². The lowest BCUT2D eigenvalue weighted by atomic mass is 10.1. The molecule has 4 nitrogen and oxygen atoms in total. The van der Waals surface area contributed by atoms with Crippen molar-refractivity contribution in [2.45, 2.75) is 19.9 Å². The number of amides is 1. The smallest absolute Gasteiger partial charge is 0.262 e. The Bertz CT molecular complexity index is 918. The zero-order valence-electron chi connectivity index (χ0n) is 14.4. The average Bonchev–Trinajstić information content (AvgIpc) is 2.63. The van der Waals surface area contributed by atoms with Crippen molar-refractivity contribution in [2.24, 2.45) is 5.10 Å². The summed E-state index contributed by atoms with van der Waals surface area (Å²) < 4.78 is 0. The van der Waals surface area contributed by atoms with Crippen LogP contribution in [0.25, 0.3) is 10.8 Å². The Morgan fingerprint density at radius 3 is 2.52 bits per heavy atom. The quantitative estimate of drug-likeness (QED) is 0.546. The highest BCUT2D eigenvalue weighted by Gasteiger charge is 2.12. The van der Waals surface area contributed by atoms with Crippen molar-refractivity contribution in [3.05, 3.63) is 77.9 Å². The summed E-state index contributed by atoms with van der Waals surface area (Å²) >= 11 is 0. The van der Waals surface area contributed by atoms with Crippen molar-refractivity contribution in [1.82, 2.24) is 5.43 Å². The minimum Gasteiger partial charge on any atom is -0.374 e. The topological polar surface area (TPSA) is 53.5 Å². The Kier molecular flexibility index (Phi) is 5.09. The molecule has 0 heterocycles. The second-order valence-corrected chi connectivity index (χ2v) is 6.02. The van der Waals surface area contributed by atoms with Crippen LogP contribution >= 0.6 is 0 Å². The largest absolute Gasteiger partial charge is 0.374 e. The van der Waals surface area contributed by atoms with Crippen LogP contribution in [0, 0.1) is 6.92 Å². The Morgan fingerprint density at radius 1 is 1.00 bits per heavy atom. The number of rotatable bonds is 5. The maximum Gasteiger partial charge on any atom is 0.262 e. The molecular weight excluding hydrogens is 310 g/mol. The minimum atomic E-state index is -0.380. The molecule has 0 saturated heterocycles. The normalized spacial score (nSPS) is 12.2. The SMILES string of the molecule is Cc1ccccc1N[C@H](C)C(=O)N/N=C\c1ccc2ccccc2c1. The Morgan fingerprint density at radius 2 is 1.72 bits per heavy atom. The molecule has 25 heavy (non-hydrogen) atoms. The van der Waals surface area contributed by atoms with E-state index >= 15 is 0 Å². The van der Waals surface area contributed by atoms with E-state index in [4.69, 9.17) is 0 Å². The summed E-state index contributed by atoms with van der Waals surface area (Å²) in [4.78, 5) is 12.2. The van der Waals surface area contributed by atoms with Gasteiger partial charge in [-0.05, 0) is 47.9 Å². The van der Waals surface area contributed by atoms with E-state index in [1.165, 1.54) is 5.39 Å². The second-order valence-electron chi connectivity index (χ2n) is 6.02. The molecule has 0 saturated carbocycles. The van der Waals surface area contributed by atoms with Gasteiger partial charge in [0.1, 0.15) is 6.04 Å². The molecule has 1 amide bonds. The van der Waals surface area contributed by atoms with Crippen LogP contribution in [0.5, 0.6) is 0 Å². The second kappa shape index (κ2) is 7.62. The highest BCUT2D eigenvalue weighted by molar-refractivity contribution is 5.91. The van der Waals surface area contributed by atoms with Crippen LogP contribution in [-0.2, 0) is 4.79 Å². The highest BCUT2D eigenvalue weighted by Crippen LogP contribution is 2.15. The molecule has 0 spiro atoms. The molecule has 4 heteroatoms. The molecule has 0 aliphatic heterocycles. The first kappa shape index (κ1) is 16.7. The van der Waals surface area contributed by atoms with E-state index in [2.05, 4.69) is 28.0 Å². The lowest BCUT2D eigenvalue weighted by Gasteiger charge is -2.15. The zero-order chi connectivity index (χ0) is 17.6. The summed E-state index contributed by atoms with van der Waals surface area (Å²) in [5, 5.41) is 9.59. The standard InChI is InChI=1S/C21H21N3O/c1-15-7-3-6-10-20(15)23-16(2)21(25)24-22-14-17-11-12-18-8-4-5-9-19(18)13-17/h3-14,16,23H,1-2H3,(H,24,25)/b22-14-/t16-/m1/s1. The number of hydrazone groups is 1. The molecular formula is C21H21N3O. The molecule has 0 aliphatic rings. The van der Waals surface area contributed by atoms with E-state index < -0.39 is 0 Å². The van der Waals surface area contributed by atoms with Crippen LogP contribution in [0.15, 0.2) is 71.8 Å². The molecule has 0 aromatic heterocycles. The third-order valence-electron chi connectivity index (χ3n) is 4.07. The van der Waals surface area contributed by atoms with Gasteiger partial charge in [-0.15, -0.1) is 0 Å². The fourth-order valence-corrected chi connectivity index (χ4v) is 2.59. The summed E-state index contributed by atoms with van der Waals surface area (Å²) in [6, 6.07) is 21.7. The number of nitrogens with one attached hydrogen (secondary N) is 2. The van der Waals surface area contributed by atoms with Gasteiger partial charge in [0.2, 0.25) is 0 Å². The number of hydrogen-bond acceptors (Lipinski definition) is 3. The predicted octanol–water partition coefficient (Wildman–Crippen LogP) is 4.10. The molecule has 2 N–H and O–H groups in total. The van der Waals surface area contributed by atoms with Crippen molar-refractivity contribution < 1.29 is 4.79 Å². The van der Waals surface area contributed by atoms with Crippen LogP contribution in [0.1, 0.15) is 18.1 Å². The highest BCUT2D eigenvalue weighted by atomic mass is 16.2. The van der Waals surface area contributed by atoms with E-state index in [0.717, 1.165) is 22.2 Å². The summed E-state index contributed by atoms with van der Waals surface area (Å²) in [5.41, 5.74) is 5.58. The third kappa shape index (κ3) is 4.23. The number of benzene rings is 3. The summed E-state index contributed by atoms with van der Waals surface area (Å²) in [7, 11) is 0. The van der Waals surface area contributed by atoms with Crippen molar-refractivity contribution in [1.29, 1.82) is 0 Å². The van der Waals surface area contributed by atoms with Gasteiger partial charge in [0.15, 0.2) is 0 Å². The van der Waals surface area contributed by atoms with Crippen molar-refractivity contribution >= 4 is 28.6 Å². The summed E-state index contributed by atoms with van der Waals surface area (Å²) in [6.45, 7) is 3.82. The average molecular weight is 331 g/mol. The Labute approximate surface area is 147 Å². The van der Waals surface area contributed by atoms with Crippen molar-refractivity contribution in [2.75, 3.05) is 5.32 Å². The zero-order valence-corrected chi connectivity index (χ0v) is 14.4. The van der Waals surface area contributed by atoms with Crippen molar-refractivity contribution in [3.63, 3.8) is 0 Å². The molecule has 0 unspecified atom stereocenters. The maximum atomic E-state index is 12.2. The number of nitrogens with zero attached hydrogens (tertiary/aromatic N) is 1. The summed E-state index contributed by atoms with van der Waals surface area (Å²) in [6.07, 6.45) is 1.66. The number of carbonyl (C=O) groups is 1. The lowest BCUT2D eigenvalue weighted by Crippen LogP contribution is -2.35. The number of para-hydroxylation sites is 1. The first-order valence-electron chi connectivity index (χ1n) is 8.27. The van der Waals surface area contributed by atoms with Gasteiger partial charge in [-0.3, -0.25) is 4.79 Å². The molecule has 3 rings (SSSR count). The van der Waals surface area contributed by atoms with Crippen molar-refractivity contribution in [3.8, 4) is 0 Å². The summed E-state index contributed by atoms with van der Waals surface area (Å²) in [5.74, 6) is -0.180. The first-order chi connectivity index (χ1) is 12.1. The lowest BCUT2D eigenvalue weighted by molar-refractivity contribution is -0.121. The van der Waals surface area contributed by atoms with E-state index in [1.54, 1.807) is 6.21 Å². The van der Waals surface area contributed by atoms with Gasteiger partial charge in [-0.25, -0.2) is 5.43 Å². The van der Waals surface area contributed by atoms with Gasteiger partial charge in [-0.1, -0.05) is 54.6 Å². The molecule has 0 bridgehead atoms. The molecule has 126 valence electrons. The number of anilines is 1. The van der Waals surface area contributed by atoms with Gasteiger partial charge < -0.3 is 5.32 Å². The van der Waals surface area contributed by atoms with Gasteiger partial charge in [0.05, 0.1) is 6.21 Å². The number of carbonyl (C=O) groups excluding carboxylic acids is 1. The van der Waals surface area contributed by atoms with E-state index in [-0.39, 0.29) is 11.9 Å². The van der Waals surface area contributed by atoms with Crippen LogP contribution in [0.4, 0.5) is 5.69 Å². The van der Waals surface area contributed by atoms with Gasteiger partial charge in [0, 0.05) is 5.69 Å². The van der Waals surface area contributed by atoms with Gasteiger partial charge >= 0.3 is 0 Å². The number of hydrogen-bond donors (Lipinski definition) is 2. The van der Waals surface area contributed by atoms with Crippen LogP contribution in [0.2, 0.25) is 0 Å². The Balaban J connectivity index is 1.60. The Hall–Kier alpha value is -3.14. The fraction of sp³-hybridized carbons (Fsp3) is 0.143. The van der Waals surface area contributed by atoms with E-state index in [9.17, 15) is 4.79 Å².